The molecule has 0 spiro atoms. The Morgan fingerprint density at radius 2 is 2.26 bits per heavy atom. The van der Waals surface area contributed by atoms with Crippen LogP contribution in [0.4, 0.5) is 4.79 Å². The Bertz CT molecular complexity index is 374. The molecule has 0 aromatic carbocycles. The summed E-state index contributed by atoms with van der Waals surface area (Å²) in [4.78, 5) is 12.7. The Hall–Kier alpha value is -1.11. The van der Waals surface area contributed by atoms with E-state index in [4.69, 9.17) is 9.84 Å². The number of rotatable bonds is 6. The zero-order valence-electron chi connectivity index (χ0n) is 11.6. The number of amides is 2. The number of aliphatic hydroxyl groups is 1. The highest BCUT2D eigenvalue weighted by atomic mass is 32.1. The van der Waals surface area contributed by atoms with Gasteiger partial charge in [0.25, 0.3) is 0 Å². The van der Waals surface area contributed by atoms with Crippen LogP contribution in [0.1, 0.15) is 31.8 Å². The summed E-state index contributed by atoms with van der Waals surface area (Å²) < 4.78 is 5.53. The predicted octanol–water partition coefficient (Wildman–Crippen LogP) is 1.90. The first-order valence-electron chi connectivity index (χ1n) is 6.24. The van der Waals surface area contributed by atoms with Crippen molar-refractivity contribution in [2.24, 2.45) is 0 Å². The molecule has 0 aliphatic rings. The summed E-state index contributed by atoms with van der Waals surface area (Å²) in [5, 5.41) is 16.4. The average Bonchev–Trinajstić information content (AvgIpc) is 2.80. The van der Waals surface area contributed by atoms with E-state index in [2.05, 4.69) is 10.6 Å². The Morgan fingerprint density at radius 3 is 2.79 bits per heavy atom. The van der Waals surface area contributed by atoms with E-state index in [0.29, 0.717) is 6.54 Å². The van der Waals surface area contributed by atoms with Crippen LogP contribution in [0.3, 0.4) is 0 Å². The molecule has 1 aromatic rings. The maximum absolute atomic E-state index is 11.7. The van der Waals surface area contributed by atoms with Gasteiger partial charge in [-0.15, -0.1) is 11.3 Å². The molecule has 0 saturated carbocycles. The number of ether oxygens (including phenoxy) is 1. The van der Waals surface area contributed by atoms with Crippen LogP contribution in [0.5, 0.6) is 0 Å². The standard InChI is InChI=1S/C13H22N2O3S/c1-13(2,3)15-12(17)14-9-10(18-7-6-16)11-5-4-8-19-11/h4-5,8,10,16H,6-7,9H2,1-3H3,(H2,14,15,17). The van der Waals surface area contributed by atoms with E-state index in [1.807, 2.05) is 38.3 Å². The van der Waals surface area contributed by atoms with Gasteiger partial charge in [-0.2, -0.15) is 0 Å². The molecule has 1 unspecified atom stereocenters. The fourth-order valence-corrected chi connectivity index (χ4v) is 2.26. The molecule has 0 aliphatic heterocycles. The second kappa shape index (κ2) is 7.47. The molecule has 108 valence electrons. The van der Waals surface area contributed by atoms with Crippen molar-refractivity contribution in [2.75, 3.05) is 19.8 Å². The van der Waals surface area contributed by atoms with Gasteiger partial charge in [0.05, 0.1) is 19.8 Å². The lowest BCUT2D eigenvalue weighted by Crippen LogP contribution is -2.47. The van der Waals surface area contributed by atoms with Gasteiger partial charge in [-0.05, 0) is 32.2 Å². The molecule has 0 fully saturated rings. The molecule has 5 nitrogen and oxygen atoms in total. The second-order valence-corrected chi connectivity index (χ2v) is 6.16. The molecule has 0 radical (unpaired) electrons. The topological polar surface area (TPSA) is 70.6 Å². The number of nitrogens with one attached hydrogen (secondary N) is 2. The number of thiophene rings is 1. The van der Waals surface area contributed by atoms with Crippen LogP contribution >= 0.6 is 11.3 Å². The molecular weight excluding hydrogens is 264 g/mol. The first-order chi connectivity index (χ1) is 8.92. The van der Waals surface area contributed by atoms with E-state index in [0.717, 1.165) is 4.88 Å². The maximum Gasteiger partial charge on any atom is 0.315 e. The number of carbonyl (C=O) groups excluding carboxylic acids is 1. The zero-order chi connectivity index (χ0) is 14.3. The minimum atomic E-state index is -0.269. The van der Waals surface area contributed by atoms with E-state index in [1.54, 1.807) is 11.3 Å². The van der Waals surface area contributed by atoms with Gasteiger partial charge >= 0.3 is 6.03 Å². The fraction of sp³-hybridized carbons (Fsp3) is 0.615. The summed E-state index contributed by atoms with van der Waals surface area (Å²) in [5.74, 6) is 0. The minimum Gasteiger partial charge on any atom is -0.394 e. The molecule has 0 bridgehead atoms. The highest BCUT2D eigenvalue weighted by molar-refractivity contribution is 7.10. The molecule has 3 N–H and O–H groups in total. The normalized spacial score (nSPS) is 13.1. The van der Waals surface area contributed by atoms with Crippen LogP contribution in [0.2, 0.25) is 0 Å². The third-order valence-corrected chi connectivity index (χ3v) is 3.17. The summed E-state index contributed by atoms with van der Waals surface area (Å²) in [6.45, 7) is 6.37. The second-order valence-electron chi connectivity index (χ2n) is 5.18. The Balaban J connectivity index is 2.47. The molecule has 1 atom stereocenters. The first-order valence-corrected chi connectivity index (χ1v) is 7.12. The number of hydrogen-bond acceptors (Lipinski definition) is 4. The molecule has 1 aromatic heterocycles. The van der Waals surface area contributed by atoms with Crippen molar-refractivity contribution >= 4 is 17.4 Å². The summed E-state index contributed by atoms with van der Waals surface area (Å²) >= 11 is 1.57. The molecule has 1 heterocycles. The SMILES string of the molecule is CC(C)(C)NC(=O)NCC(OCCO)c1cccs1. The Morgan fingerprint density at radius 1 is 1.53 bits per heavy atom. The van der Waals surface area contributed by atoms with E-state index in [-0.39, 0.29) is 30.9 Å². The van der Waals surface area contributed by atoms with Crippen molar-refractivity contribution in [1.29, 1.82) is 0 Å². The zero-order valence-corrected chi connectivity index (χ0v) is 12.4. The average molecular weight is 286 g/mol. The Labute approximate surface area is 118 Å². The summed E-state index contributed by atoms with van der Waals surface area (Å²) in [5.41, 5.74) is -0.269. The van der Waals surface area contributed by atoms with Crippen molar-refractivity contribution in [3.63, 3.8) is 0 Å². The summed E-state index contributed by atoms with van der Waals surface area (Å²) in [6, 6.07) is 3.67. The highest BCUT2D eigenvalue weighted by Crippen LogP contribution is 2.21. The van der Waals surface area contributed by atoms with Crippen molar-refractivity contribution in [3.05, 3.63) is 22.4 Å². The van der Waals surface area contributed by atoms with Gasteiger partial charge in [0.2, 0.25) is 0 Å². The minimum absolute atomic E-state index is 0.0317. The van der Waals surface area contributed by atoms with Gasteiger partial charge in [-0.3, -0.25) is 0 Å². The predicted molar refractivity (Wildman–Crippen MR) is 76.4 cm³/mol. The third kappa shape index (κ3) is 6.56. The van der Waals surface area contributed by atoms with Gasteiger partial charge < -0.3 is 20.5 Å². The lowest BCUT2D eigenvalue weighted by Gasteiger charge is -2.22. The molecule has 2 amide bonds. The van der Waals surface area contributed by atoms with Crippen LogP contribution in [-0.4, -0.2) is 36.4 Å². The summed E-state index contributed by atoms with van der Waals surface area (Å²) in [7, 11) is 0. The molecule has 19 heavy (non-hydrogen) atoms. The third-order valence-electron chi connectivity index (χ3n) is 2.21. The van der Waals surface area contributed by atoms with E-state index in [1.165, 1.54) is 0 Å². The summed E-state index contributed by atoms with van der Waals surface area (Å²) in [6.07, 6.45) is -0.224. The monoisotopic (exact) mass is 286 g/mol. The van der Waals surface area contributed by atoms with Crippen molar-refractivity contribution in [2.45, 2.75) is 32.4 Å². The van der Waals surface area contributed by atoms with Crippen LogP contribution in [0, 0.1) is 0 Å². The number of carbonyl (C=O) groups is 1. The van der Waals surface area contributed by atoms with E-state index < -0.39 is 0 Å². The van der Waals surface area contributed by atoms with Crippen molar-refractivity contribution < 1.29 is 14.6 Å². The number of urea groups is 1. The van der Waals surface area contributed by atoms with E-state index in [9.17, 15) is 4.79 Å². The number of aliphatic hydroxyl groups excluding tert-OH is 1. The molecular formula is C13H22N2O3S. The maximum atomic E-state index is 11.7. The van der Waals surface area contributed by atoms with Crippen LogP contribution in [0.25, 0.3) is 0 Å². The van der Waals surface area contributed by atoms with Gasteiger partial charge in [0, 0.05) is 10.4 Å². The van der Waals surface area contributed by atoms with Gasteiger partial charge in [0.1, 0.15) is 6.10 Å². The van der Waals surface area contributed by atoms with Crippen molar-refractivity contribution in [3.8, 4) is 0 Å². The quantitative estimate of drug-likeness (QED) is 0.748. The van der Waals surface area contributed by atoms with E-state index >= 15 is 0 Å². The van der Waals surface area contributed by atoms with Gasteiger partial charge in [-0.25, -0.2) is 4.79 Å². The lowest BCUT2D eigenvalue weighted by molar-refractivity contribution is 0.0313. The van der Waals surface area contributed by atoms with Gasteiger partial charge in [-0.1, -0.05) is 6.07 Å². The van der Waals surface area contributed by atoms with Crippen LogP contribution in [0.15, 0.2) is 17.5 Å². The first kappa shape index (κ1) is 15.9. The number of hydrogen-bond donors (Lipinski definition) is 3. The molecule has 0 aliphatic carbocycles. The van der Waals surface area contributed by atoms with Gasteiger partial charge in [0.15, 0.2) is 0 Å². The lowest BCUT2D eigenvalue weighted by atomic mass is 10.1. The van der Waals surface area contributed by atoms with Crippen LogP contribution < -0.4 is 10.6 Å². The largest absolute Gasteiger partial charge is 0.394 e. The highest BCUT2D eigenvalue weighted by Gasteiger charge is 2.17. The Kier molecular flexibility index (Phi) is 6.27. The molecule has 0 saturated heterocycles. The fourth-order valence-electron chi connectivity index (χ4n) is 1.48. The van der Waals surface area contributed by atoms with Crippen LogP contribution in [-0.2, 0) is 4.74 Å². The molecule has 6 heteroatoms. The smallest absolute Gasteiger partial charge is 0.315 e. The van der Waals surface area contributed by atoms with Crippen molar-refractivity contribution in [1.82, 2.24) is 10.6 Å². The molecule has 1 rings (SSSR count).